The summed E-state index contributed by atoms with van der Waals surface area (Å²) in [5.74, 6) is -0.599. The topological polar surface area (TPSA) is 74.6 Å². The maximum atomic E-state index is 11.4. The van der Waals surface area contributed by atoms with Gasteiger partial charge in [0.05, 0.1) is 5.56 Å². The van der Waals surface area contributed by atoms with Crippen LogP contribution in [-0.4, -0.2) is 22.3 Å². The fourth-order valence-electron chi connectivity index (χ4n) is 1.54. The summed E-state index contributed by atoms with van der Waals surface area (Å²) in [5, 5.41) is 19.2. The lowest BCUT2D eigenvalue weighted by Gasteiger charge is -2.09. The van der Waals surface area contributed by atoms with Crippen LogP contribution in [-0.2, 0) is 11.2 Å². The van der Waals surface area contributed by atoms with Crippen LogP contribution >= 0.6 is 0 Å². The molecule has 0 heterocycles. The SMILES string of the molecule is C/C=C/C(=O)Cc1cc(O)c(C)c(O)c1C=O. The van der Waals surface area contributed by atoms with E-state index in [0.717, 1.165) is 0 Å². The van der Waals surface area contributed by atoms with Crippen LogP contribution in [0.1, 0.15) is 28.4 Å². The Bertz CT molecular complexity index is 487. The van der Waals surface area contributed by atoms with Crippen molar-refractivity contribution in [3.05, 3.63) is 34.9 Å². The molecule has 0 saturated heterocycles. The summed E-state index contributed by atoms with van der Waals surface area (Å²) in [7, 11) is 0. The second-order valence-corrected chi connectivity index (χ2v) is 3.70. The molecule has 1 rings (SSSR count). The maximum absolute atomic E-state index is 11.4. The first-order valence-corrected chi connectivity index (χ1v) is 5.16. The Morgan fingerprint density at radius 2 is 2.06 bits per heavy atom. The number of rotatable bonds is 4. The first kappa shape index (κ1) is 13.0. The third-order valence-corrected chi connectivity index (χ3v) is 2.49. The van der Waals surface area contributed by atoms with Gasteiger partial charge in [-0.05, 0) is 31.6 Å². The molecule has 4 nitrogen and oxygen atoms in total. The fraction of sp³-hybridized carbons (Fsp3) is 0.231. The number of carbonyl (C=O) groups excluding carboxylic acids is 2. The van der Waals surface area contributed by atoms with E-state index in [1.807, 2.05) is 0 Å². The van der Waals surface area contributed by atoms with Crippen molar-refractivity contribution in [1.29, 1.82) is 0 Å². The molecule has 17 heavy (non-hydrogen) atoms. The Morgan fingerprint density at radius 3 is 2.59 bits per heavy atom. The molecular formula is C13H14O4. The van der Waals surface area contributed by atoms with Gasteiger partial charge in [0.2, 0.25) is 0 Å². The molecule has 0 aromatic heterocycles. The van der Waals surface area contributed by atoms with E-state index in [1.165, 1.54) is 19.1 Å². The molecular weight excluding hydrogens is 220 g/mol. The molecule has 0 spiro atoms. The van der Waals surface area contributed by atoms with Crippen molar-refractivity contribution >= 4 is 12.1 Å². The summed E-state index contributed by atoms with van der Waals surface area (Å²) < 4.78 is 0. The third-order valence-electron chi connectivity index (χ3n) is 2.49. The average molecular weight is 234 g/mol. The summed E-state index contributed by atoms with van der Waals surface area (Å²) in [6.07, 6.45) is 3.43. The number of hydrogen-bond donors (Lipinski definition) is 2. The van der Waals surface area contributed by atoms with Crippen LogP contribution < -0.4 is 0 Å². The summed E-state index contributed by atoms with van der Waals surface area (Å²) in [6, 6.07) is 1.33. The van der Waals surface area contributed by atoms with Gasteiger partial charge in [-0.3, -0.25) is 9.59 Å². The number of allylic oxidation sites excluding steroid dienone is 2. The van der Waals surface area contributed by atoms with E-state index < -0.39 is 0 Å². The molecule has 0 unspecified atom stereocenters. The molecule has 0 saturated carbocycles. The van der Waals surface area contributed by atoms with Crippen molar-refractivity contribution in [2.45, 2.75) is 20.3 Å². The zero-order chi connectivity index (χ0) is 13.0. The lowest BCUT2D eigenvalue weighted by atomic mass is 9.98. The minimum absolute atomic E-state index is 0.0280. The van der Waals surface area contributed by atoms with Gasteiger partial charge in [0.1, 0.15) is 11.5 Å². The predicted molar refractivity (Wildman–Crippen MR) is 63.4 cm³/mol. The number of aldehydes is 1. The fourth-order valence-corrected chi connectivity index (χ4v) is 1.54. The van der Waals surface area contributed by atoms with Gasteiger partial charge in [-0.1, -0.05) is 6.08 Å². The molecule has 0 aliphatic carbocycles. The summed E-state index contributed by atoms with van der Waals surface area (Å²) in [5.41, 5.74) is 0.608. The first-order valence-electron chi connectivity index (χ1n) is 5.16. The van der Waals surface area contributed by atoms with Crippen molar-refractivity contribution in [3.63, 3.8) is 0 Å². The van der Waals surface area contributed by atoms with Gasteiger partial charge in [-0.15, -0.1) is 0 Å². The molecule has 1 aromatic carbocycles. The number of carbonyl (C=O) groups is 2. The molecule has 1 aromatic rings. The molecule has 0 fully saturated rings. The highest BCUT2D eigenvalue weighted by atomic mass is 16.3. The number of hydrogen-bond acceptors (Lipinski definition) is 4. The Kier molecular flexibility index (Phi) is 4.04. The van der Waals surface area contributed by atoms with E-state index in [0.29, 0.717) is 11.8 Å². The summed E-state index contributed by atoms with van der Waals surface area (Å²) in [4.78, 5) is 22.3. The van der Waals surface area contributed by atoms with Crippen molar-refractivity contribution < 1.29 is 19.8 Å². The second-order valence-electron chi connectivity index (χ2n) is 3.70. The van der Waals surface area contributed by atoms with Crippen molar-refractivity contribution in [2.24, 2.45) is 0 Å². The van der Waals surface area contributed by atoms with Gasteiger partial charge < -0.3 is 10.2 Å². The van der Waals surface area contributed by atoms with Crippen LogP contribution in [0.15, 0.2) is 18.2 Å². The molecule has 4 heteroatoms. The number of aromatic hydroxyl groups is 2. The standard InChI is InChI=1S/C13H14O4/c1-3-4-10(15)5-9-6-12(16)8(2)13(17)11(9)7-14/h3-4,6-7,16-17H,5H2,1-2H3/b4-3+. The predicted octanol–water partition coefficient (Wildman–Crippen LogP) is 1.91. The Hall–Kier alpha value is -2.10. The van der Waals surface area contributed by atoms with Crippen molar-refractivity contribution in [3.8, 4) is 11.5 Å². The zero-order valence-electron chi connectivity index (χ0n) is 9.73. The summed E-state index contributed by atoms with van der Waals surface area (Å²) >= 11 is 0. The number of phenols is 2. The Morgan fingerprint density at radius 1 is 1.41 bits per heavy atom. The lowest BCUT2D eigenvalue weighted by molar-refractivity contribution is -0.114. The summed E-state index contributed by atoms with van der Waals surface area (Å²) in [6.45, 7) is 3.21. The Labute approximate surface area is 99.2 Å². The average Bonchev–Trinajstić information content (AvgIpc) is 2.27. The zero-order valence-corrected chi connectivity index (χ0v) is 9.73. The highest BCUT2D eigenvalue weighted by molar-refractivity contribution is 5.94. The molecule has 2 N–H and O–H groups in total. The lowest BCUT2D eigenvalue weighted by Crippen LogP contribution is -2.03. The van der Waals surface area contributed by atoms with Crippen LogP contribution in [0.25, 0.3) is 0 Å². The highest BCUT2D eigenvalue weighted by Crippen LogP contribution is 2.32. The van der Waals surface area contributed by atoms with E-state index in [9.17, 15) is 19.8 Å². The van der Waals surface area contributed by atoms with E-state index in [1.54, 1.807) is 13.0 Å². The van der Waals surface area contributed by atoms with Gasteiger partial charge in [-0.2, -0.15) is 0 Å². The normalized spacial score (nSPS) is 10.7. The van der Waals surface area contributed by atoms with Crippen LogP contribution in [0.5, 0.6) is 11.5 Å². The van der Waals surface area contributed by atoms with Crippen LogP contribution in [0.3, 0.4) is 0 Å². The largest absolute Gasteiger partial charge is 0.508 e. The molecule has 0 atom stereocenters. The minimum atomic E-state index is -0.275. The molecule has 0 aliphatic rings. The van der Waals surface area contributed by atoms with Crippen LogP contribution in [0.4, 0.5) is 0 Å². The first-order chi connectivity index (χ1) is 8.01. The van der Waals surface area contributed by atoms with Gasteiger partial charge in [0.25, 0.3) is 0 Å². The van der Waals surface area contributed by atoms with E-state index in [-0.39, 0.29) is 34.8 Å². The van der Waals surface area contributed by atoms with Gasteiger partial charge in [0, 0.05) is 12.0 Å². The van der Waals surface area contributed by atoms with E-state index in [2.05, 4.69) is 0 Å². The van der Waals surface area contributed by atoms with E-state index in [4.69, 9.17) is 0 Å². The van der Waals surface area contributed by atoms with Crippen molar-refractivity contribution in [2.75, 3.05) is 0 Å². The van der Waals surface area contributed by atoms with Gasteiger partial charge >= 0.3 is 0 Å². The van der Waals surface area contributed by atoms with Gasteiger partial charge in [0.15, 0.2) is 12.1 Å². The molecule has 90 valence electrons. The molecule has 0 amide bonds. The maximum Gasteiger partial charge on any atom is 0.159 e. The second kappa shape index (κ2) is 5.30. The molecule has 0 aliphatic heterocycles. The number of ketones is 1. The van der Waals surface area contributed by atoms with E-state index >= 15 is 0 Å². The van der Waals surface area contributed by atoms with Crippen molar-refractivity contribution in [1.82, 2.24) is 0 Å². The smallest absolute Gasteiger partial charge is 0.159 e. The number of phenolic OH excluding ortho intramolecular Hbond substituents is 2. The third kappa shape index (κ3) is 2.72. The highest BCUT2D eigenvalue weighted by Gasteiger charge is 2.15. The quantitative estimate of drug-likeness (QED) is 0.616. The Balaban J connectivity index is 3.24. The molecule has 0 bridgehead atoms. The van der Waals surface area contributed by atoms with Crippen LogP contribution in [0.2, 0.25) is 0 Å². The minimum Gasteiger partial charge on any atom is -0.508 e. The van der Waals surface area contributed by atoms with Crippen LogP contribution in [0, 0.1) is 6.92 Å². The molecule has 0 radical (unpaired) electrons. The number of benzene rings is 1. The van der Waals surface area contributed by atoms with Gasteiger partial charge in [-0.25, -0.2) is 0 Å². The monoisotopic (exact) mass is 234 g/mol.